The molecule has 0 unspecified atom stereocenters. The summed E-state index contributed by atoms with van der Waals surface area (Å²) in [6, 6.07) is 14.1. The molecule has 2 amide bonds. The summed E-state index contributed by atoms with van der Waals surface area (Å²) in [4.78, 5) is 23.8. The molecule has 0 aliphatic carbocycles. The van der Waals surface area contributed by atoms with Gasteiger partial charge in [0.25, 0.3) is 11.8 Å². The van der Waals surface area contributed by atoms with Crippen LogP contribution in [0.3, 0.4) is 0 Å². The molecule has 2 aromatic carbocycles. The van der Waals surface area contributed by atoms with E-state index in [-0.39, 0.29) is 11.8 Å². The summed E-state index contributed by atoms with van der Waals surface area (Å²) in [5, 5.41) is 5.88. The highest BCUT2D eigenvalue weighted by Gasteiger charge is 2.09. The van der Waals surface area contributed by atoms with Gasteiger partial charge < -0.3 is 10.6 Å². The van der Waals surface area contributed by atoms with Crippen LogP contribution in [0.1, 0.15) is 20.7 Å². The van der Waals surface area contributed by atoms with E-state index in [1.165, 1.54) is 0 Å². The van der Waals surface area contributed by atoms with E-state index in [9.17, 15) is 9.59 Å². The largest absolute Gasteiger partial charge is 0.350 e. The Morgan fingerprint density at radius 1 is 0.955 bits per heavy atom. The van der Waals surface area contributed by atoms with Crippen LogP contribution < -0.4 is 10.6 Å². The SMILES string of the molecule is O=C(NCCNC(=O)c1ccccc1Cl)c1cccc(I)c1. The molecular weight excluding hydrogens is 415 g/mol. The molecule has 114 valence electrons. The fourth-order valence-electron chi connectivity index (χ4n) is 1.82. The minimum Gasteiger partial charge on any atom is -0.350 e. The van der Waals surface area contributed by atoms with Crippen molar-refractivity contribution < 1.29 is 9.59 Å². The second-order valence-electron chi connectivity index (χ2n) is 4.50. The van der Waals surface area contributed by atoms with E-state index >= 15 is 0 Å². The Morgan fingerprint density at radius 2 is 1.64 bits per heavy atom. The minimum absolute atomic E-state index is 0.162. The van der Waals surface area contributed by atoms with Crippen molar-refractivity contribution in [1.82, 2.24) is 10.6 Å². The molecular formula is C16H14ClIN2O2. The highest BCUT2D eigenvalue weighted by atomic mass is 127. The molecule has 0 spiro atoms. The molecule has 4 nitrogen and oxygen atoms in total. The quantitative estimate of drug-likeness (QED) is 0.568. The first-order valence-corrected chi connectivity index (χ1v) is 8.10. The number of carbonyl (C=O) groups is 2. The lowest BCUT2D eigenvalue weighted by molar-refractivity contribution is 0.0927. The van der Waals surface area contributed by atoms with Gasteiger partial charge in [-0.3, -0.25) is 9.59 Å². The van der Waals surface area contributed by atoms with Crippen molar-refractivity contribution in [3.63, 3.8) is 0 Å². The fraction of sp³-hybridized carbons (Fsp3) is 0.125. The summed E-state index contributed by atoms with van der Waals surface area (Å²) in [5.74, 6) is -0.417. The van der Waals surface area contributed by atoms with Crippen LogP contribution >= 0.6 is 34.2 Å². The molecule has 0 aromatic heterocycles. The highest BCUT2D eigenvalue weighted by molar-refractivity contribution is 14.1. The summed E-state index contributed by atoms with van der Waals surface area (Å²) in [5.41, 5.74) is 1.03. The third-order valence-corrected chi connectivity index (χ3v) is 3.90. The van der Waals surface area contributed by atoms with Crippen molar-refractivity contribution in [2.75, 3.05) is 13.1 Å². The summed E-state index contributed by atoms with van der Waals surface area (Å²) < 4.78 is 0.997. The van der Waals surface area contributed by atoms with E-state index in [0.717, 1.165) is 3.57 Å². The molecule has 0 saturated carbocycles. The molecule has 0 radical (unpaired) electrons. The number of nitrogens with one attached hydrogen (secondary N) is 2. The normalized spacial score (nSPS) is 10.1. The zero-order valence-electron chi connectivity index (χ0n) is 11.6. The first-order chi connectivity index (χ1) is 10.6. The van der Waals surface area contributed by atoms with Gasteiger partial charge in [-0.05, 0) is 52.9 Å². The maximum absolute atomic E-state index is 11.9. The zero-order chi connectivity index (χ0) is 15.9. The van der Waals surface area contributed by atoms with Crippen LogP contribution in [0.5, 0.6) is 0 Å². The second kappa shape index (κ2) is 8.14. The Labute approximate surface area is 147 Å². The van der Waals surface area contributed by atoms with Gasteiger partial charge in [0.2, 0.25) is 0 Å². The molecule has 22 heavy (non-hydrogen) atoms. The highest BCUT2D eigenvalue weighted by Crippen LogP contribution is 2.14. The van der Waals surface area contributed by atoms with Crippen LogP contribution in [-0.4, -0.2) is 24.9 Å². The second-order valence-corrected chi connectivity index (χ2v) is 6.15. The number of rotatable bonds is 5. The van der Waals surface area contributed by atoms with Crippen molar-refractivity contribution in [1.29, 1.82) is 0 Å². The average Bonchev–Trinajstić information content (AvgIpc) is 2.51. The maximum Gasteiger partial charge on any atom is 0.252 e. The van der Waals surface area contributed by atoms with E-state index in [4.69, 9.17) is 11.6 Å². The van der Waals surface area contributed by atoms with Gasteiger partial charge >= 0.3 is 0 Å². The molecule has 0 saturated heterocycles. The molecule has 2 rings (SSSR count). The lowest BCUT2D eigenvalue weighted by Crippen LogP contribution is -2.34. The maximum atomic E-state index is 11.9. The molecule has 0 bridgehead atoms. The van der Waals surface area contributed by atoms with Gasteiger partial charge in [0, 0.05) is 22.2 Å². The molecule has 0 aliphatic heterocycles. The molecule has 0 atom stereocenters. The Bertz CT molecular complexity index is 691. The van der Waals surface area contributed by atoms with E-state index in [1.807, 2.05) is 12.1 Å². The first kappa shape index (κ1) is 16.8. The topological polar surface area (TPSA) is 58.2 Å². The zero-order valence-corrected chi connectivity index (χ0v) is 14.5. The summed E-state index contributed by atoms with van der Waals surface area (Å²) in [7, 11) is 0. The number of hydrogen-bond acceptors (Lipinski definition) is 2. The molecule has 2 N–H and O–H groups in total. The lowest BCUT2D eigenvalue weighted by atomic mass is 10.2. The molecule has 6 heteroatoms. The van der Waals surface area contributed by atoms with Gasteiger partial charge in [0.15, 0.2) is 0 Å². The standard InChI is InChI=1S/C16H14ClIN2O2/c17-14-7-2-1-6-13(14)16(22)20-9-8-19-15(21)11-4-3-5-12(18)10-11/h1-7,10H,8-9H2,(H,19,21)(H,20,22). The summed E-state index contributed by atoms with van der Waals surface area (Å²) in [6.07, 6.45) is 0. The van der Waals surface area contributed by atoms with Crippen LogP contribution in [0.4, 0.5) is 0 Å². The molecule has 2 aromatic rings. The van der Waals surface area contributed by atoms with Crippen LogP contribution in [0.15, 0.2) is 48.5 Å². The third-order valence-electron chi connectivity index (χ3n) is 2.90. The van der Waals surface area contributed by atoms with Gasteiger partial charge in [0.1, 0.15) is 0 Å². The van der Waals surface area contributed by atoms with Crippen LogP contribution in [0.2, 0.25) is 5.02 Å². The van der Waals surface area contributed by atoms with E-state index in [1.54, 1.807) is 36.4 Å². The number of amides is 2. The Balaban J connectivity index is 1.79. The van der Waals surface area contributed by atoms with Crippen molar-refractivity contribution in [2.24, 2.45) is 0 Å². The lowest BCUT2D eigenvalue weighted by Gasteiger charge is -2.08. The number of halogens is 2. The van der Waals surface area contributed by atoms with Crippen molar-refractivity contribution >= 4 is 46.0 Å². The average molecular weight is 429 g/mol. The smallest absolute Gasteiger partial charge is 0.252 e. The number of benzene rings is 2. The number of hydrogen-bond donors (Lipinski definition) is 2. The van der Waals surface area contributed by atoms with E-state index in [0.29, 0.717) is 29.2 Å². The van der Waals surface area contributed by atoms with Gasteiger partial charge in [-0.2, -0.15) is 0 Å². The predicted octanol–water partition coefficient (Wildman–Crippen LogP) is 3.10. The Kier molecular flexibility index (Phi) is 6.21. The summed E-state index contributed by atoms with van der Waals surface area (Å²) >= 11 is 8.10. The molecule has 0 heterocycles. The Morgan fingerprint density at radius 3 is 2.32 bits per heavy atom. The minimum atomic E-state index is -0.255. The molecule has 0 aliphatic rings. The Hall–Kier alpha value is -1.60. The first-order valence-electron chi connectivity index (χ1n) is 6.64. The van der Waals surface area contributed by atoms with Gasteiger partial charge in [-0.15, -0.1) is 0 Å². The van der Waals surface area contributed by atoms with Crippen molar-refractivity contribution in [3.05, 3.63) is 68.3 Å². The van der Waals surface area contributed by atoms with E-state index < -0.39 is 0 Å². The van der Waals surface area contributed by atoms with Crippen LogP contribution in [-0.2, 0) is 0 Å². The van der Waals surface area contributed by atoms with Gasteiger partial charge in [-0.1, -0.05) is 29.8 Å². The monoisotopic (exact) mass is 428 g/mol. The van der Waals surface area contributed by atoms with Crippen LogP contribution in [0, 0.1) is 3.57 Å². The van der Waals surface area contributed by atoms with Gasteiger partial charge in [0.05, 0.1) is 10.6 Å². The van der Waals surface area contributed by atoms with Crippen molar-refractivity contribution in [2.45, 2.75) is 0 Å². The van der Waals surface area contributed by atoms with E-state index in [2.05, 4.69) is 33.2 Å². The van der Waals surface area contributed by atoms with Crippen molar-refractivity contribution in [3.8, 4) is 0 Å². The predicted molar refractivity (Wildman–Crippen MR) is 95.3 cm³/mol. The third kappa shape index (κ3) is 4.71. The number of carbonyl (C=O) groups excluding carboxylic acids is 2. The van der Waals surface area contributed by atoms with Crippen LogP contribution in [0.25, 0.3) is 0 Å². The molecule has 0 fully saturated rings. The van der Waals surface area contributed by atoms with Gasteiger partial charge in [-0.25, -0.2) is 0 Å². The fourth-order valence-corrected chi connectivity index (χ4v) is 2.59. The summed E-state index contributed by atoms with van der Waals surface area (Å²) in [6.45, 7) is 0.681.